The first-order valence-electron chi connectivity index (χ1n) is 6.05. The van der Waals surface area contributed by atoms with Gasteiger partial charge in [-0.2, -0.15) is 5.10 Å². The Bertz CT molecular complexity index is 481. The van der Waals surface area contributed by atoms with Crippen molar-refractivity contribution in [2.45, 2.75) is 33.4 Å². The topological polar surface area (TPSA) is 64.9 Å². The summed E-state index contributed by atoms with van der Waals surface area (Å²) in [5.41, 5.74) is 0. The number of rotatable bonds is 7. The number of ether oxygens (including phenoxy) is 1. The average molecular weight is 267 g/mol. The van der Waals surface area contributed by atoms with Crippen LogP contribution in [0.2, 0.25) is 0 Å². The molecular weight excluding hydrogens is 250 g/mol. The summed E-state index contributed by atoms with van der Waals surface area (Å²) in [7, 11) is 0. The van der Waals surface area contributed by atoms with Crippen molar-refractivity contribution in [3.05, 3.63) is 17.4 Å². The molecule has 0 aliphatic heterocycles. The number of aryl methyl sites for hydroxylation is 1. The molecule has 0 spiro atoms. The molecule has 0 amide bonds. The fraction of sp³-hybridized carbons (Fsp3) is 0.545. The van der Waals surface area contributed by atoms with E-state index in [2.05, 4.69) is 27.5 Å². The summed E-state index contributed by atoms with van der Waals surface area (Å²) < 4.78 is 7.39. The largest absolute Gasteiger partial charge is 0.426 e. The minimum absolute atomic E-state index is 0.555. The highest BCUT2D eigenvalue weighted by Gasteiger charge is 2.07. The Balaban J connectivity index is 1.89. The van der Waals surface area contributed by atoms with Crippen LogP contribution < -0.4 is 10.1 Å². The van der Waals surface area contributed by atoms with Gasteiger partial charge in [-0.25, -0.2) is 0 Å². The lowest BCUT2D eigenvalue weighted by Gasteiger charge is -1.97. The van der Waals surface area contributed by atoms with Crippen LogP contribution in [-0.2, 0) is 13.1 Å². The lowest BCUT2D eigenvalue weighted by molar-refractivity contribution is 0.471. The highest BCUT2D eigenvalue weighted by Crippen LogP contribution is 2.24. The molecule has 2 rings (SSSR count). The zero-order valence-corrected chi connectivity index (χ0v) is 11.4. The van der Waals surface area contributed by atoms with Gasteiger partial charge in [0.2, 0.25) is 0 Å². The van der Waals surface area contributed by atoms with E-state index in [1.165, 1.54) is 11.3 Å². The van der Waals surface area contributed by atoms with Gasteiger partial charge in [0.1, 0.15) is 5.01 Å². The first-order chi connectivity index (χ1) is 8.81. The van der Waals surface area contributed by atoms with Gasteiger partial charge in [0.25, 0.3) is 5.19 Å². The number of nitrogens with zero attached hydrogens (tertiary/aromatic N) is 4. The maximum absolute atomic E-state index is 5.58. The minimum atomic E-state index is 0.555. The van der Waals surface area contributed by atoms with Crippen LogP contribution in [0, 0.1) is 0 Å². The van der Waals surface area contributed by atoms with Crippen LogP contribution in [0.25, 0.3) is 0 Å². The van der Waals surface area contributed by atoms with Crippen molar-refractivity contribution in [1.29, 1.82) is 0 Å². The molecule has 0 bridgehead atoms. The van der Waals surface area contributed by atoms with Crippen LogP contribution in [-0.4, -0.2) is 26.5 Å². The zero-order chi connectivity index (χ0) is 12.8. The van der Waals surface area contributed by atoms with Crippen molar-refractivity contribution in [1.82, 2.24) is 25.3 Å². The summed E-state index contributed by atoms with van der Waals surface area (Å²) in [6.45, 7) is 6.71. The Morgan fingerprint density at radius 2 is 2.28 bits per heavy atom. The molecule has 2 aromatic heterocycles. The Hall–Kier alpha value is -1.47. The Kier molecular flexibility index (Phi) is 4.66. The van der Waals surface area contributed by atoms with Gasteiger partial charge in [0, 0.05) is 13.1 Å². The summed E-state index contributed by atoms with van der Waals surface area (Å²) in [6.07, 6.45) is 4.63. The highest BCUT2D eigenvalue weighted by molar-refractivity contribution is 7.13. The average Bonchev–Trinajstić information content (AvgIpc) is 3.00. The van der Waals surface area contributed by atoms with Crippen LogP contribution in [0.1, 0.15) is 25.3 Å². The second-order valence-electron chi connectivity index (χ2n) is 3.77. The van der Waals surface area contributed by atoms with E-state index in [4.69, 9.17) is 4.74 Å². The molecular formula is C11H17N5OS. The van der Waals surface area contributed by atoms with E-state index in [9.17, 15) is 0 Å². The first kappa shape index (κ1) is 13.0. The first-order valence-corrected chi connectivity index (χ1v) is 6.87. The van der Waals surface area contributed by atoms with Crippen LogP contribution in [0.3, 0.4) is 0 Å². The van der Waals surface area contributed by atoms with Crippen molar-refractivity contribution in [3.63, 3.8) is 0 Å². The SMILES string of the molecule is CCCNCc1nnc(Oc2cnn(CC)c2)s1. The number of nitrogens with one attached hydrogen (secondary N) is 1. The predicted octanol–water partition coefficient (Wildman–Crippen LogP) is 2.05. The zero-order valence-electron chi connectivity index (χ0n) is 10.6. The van der Waals surface area contributed by atoms with Gasteiger partial charge in [-0.1, -0.05) is 23.4 Å². The lowest BCUT2D eigenvalue weighted by Crippen LogP contribution is -2.13. The van der Waals surface area contributed by atoms with Crippen LogP contribution >= 0.6 is 11.3 Å². The summed E-state index contributed by atoms with van der Waals surface area (Å²) in [5.74, 6) is 0.695. The van der Waals surface area contributed by atoms with Crippen LogP contribution in [0.5, 0.6) is 10.9 Å². The third-order valence-electron chi connectivity index (χ3n) is 2.29. The molecule has 0 saturated carbocycles. The fourth-order valence-corrected chi connectivity index (χ4v) is 2.07. The molecule has 98 valence electrons. The van der Waals surface area contributed by atoms with Gasteiger partial charge in [0.15, 0.2) is 5.75 Å². The molecule has 0 aliphatic rings. The van der Waals surface area contributed by atoms with E-state index < -0.39 is 0 Å². The van der Waals surface area contributed by atoms with Gasteiger partial charge in [-0.15, -0.1) is 5.10 Å². The normalized spacial score (nSPS) is 10.8. The van der Waals surface area contributed by atoms with Crippen molar-refractivity contribution >= 4 is 11.3 Å². The van der Waals surface area contributed by atoms with Crippen molar-refractivity contribution in [2.75, 3.05) is 6.54 Å². The fourth-order valence-electron chi connectivity index (χ4n) is 1.39. The molecule has 0 aromatic carbocycles. The van der Waals surface area contributed by atoms with Gasteiger partial charge < -0.3 is 10.1 Å². The number of hydrogen-bond donors (Lipinski definition) is 1. The highest BCUT2D eigenvalue weighted by atomic mass is 32.1. The maximum Gasteiger partial charge on any atom is 0.299 e. The molecule has 0 saturated heterocycles. The van der Waals surface area contributed by atoms with E-state index in [1.54, 1.807) is 10.9 Å². The smallest absolute Gasteiger partial charge is 0.299 e. The molecule has 6 nitrogen and oxygen atoms in total. The number of hydrogen-bond acceptors (Lipinski definition) is 6. The number of aromatic nitrogens is 4. The summed E-state index contributed by atoms with van der Waals surface area (Å²) in [5, 5.41) is 17.0. The lowest BCUT2D eigenvalue weighted by atomic mass is 10.5. The summed E-state index contributed by atoms with van der Waals surface area (Å²) in [6, 6.07) is 0. The standard InChI is InChI=1S/C11H17N5OS/c1-3-5-12-7-10-14-15-11(18-10)17-9-6-13-16(4-2)8-9/h6,8,12H,3-5,7H2,1-2H3. The van der Waals surface area contributed by atoms with E-state index in [0.717, 1.165) is 31.1 Å². The van der Waals surface area contributed by atoms with Crippen LogP contribution in [0.4, 0.5) is 0 Å². The molecule has 7 heteroatoms. The second-order valence-corrected chi connectivity index (χ2v) is 4.80. The quantitative estimate of drug-likeness (QED) is 0.778. The monoisotopic (exact) mass is 267 g/mol. The molecule has 2 heterocycles. The summed E-state index contributed by atoms with van der Waals surface area (Å²) >= 11 is 1.45. The van der Waals surface area contributed by atoms with Gasteiger partial charge in [-0.3, -0.25) is 4.68 Å². The summed E-state index contributed by atoms with van der Waals surface area (Å²) in [4.78, 5) is 0. The van der Waals surface area contributed by atoms with Crippen LogP contribution in [0.15, 0.2) is 12.4 Å². The minimum Gasteiger partial charge on any atom is -0.426 e. The predicted molar refractivity (Wildman–Crippen MR) is 69.9 cm³/mol. The van der Waals surface area contributed by atoms with E-state index in [1.807, 2.05) is 13.1 Å². The molecule has 0 unspecified atom stereocenters. The molecule has 0 radical (unpaired) electrons. The second kappa shape index (κ2) is 6.46. The molecule has 18 heavy (non-hydrogen) atoms. The molecule has 1 N–H and O–H groups in total. The van der Waals surface area contributed by atoms with Gasteiger partial charge >= 0.3 is 0 Å². The molecule has 2 aromatic rings. The Morgan fingerprint density at radius 3 is 3.00 bits per heavy atom. The van der Waals surface area contributed by atoms with Crippen molar-refractivity contribution in [2.24, 2.45) is 0 Å². The van der Waals surface area contributed by atoms with Gasteiger partial charge in [-0.05, 0) is 19.9 Å². The maximum atomic E-state index is 5.58. The molecule has 0 fully saturated rings. The molecule has 0 aliphatic carbocycles. The Labute approximate surface area is 110 Å². The van der Waals surface area contributed by atoms with E-state index >= 15 is 0 Å². The van der Waals surface area contributed by atoms with Crippen molar-refractivity contribution < 1.29 is 4.74 Å². The van der Waals surface area contributed by atoms with Crippen molar-refractivity contribution in [3.8, 4) is 10.9 Å². The third-order valence-corrected chi connectivity index (χ3v) is 3.09. The Morgan fingerprint density at radius 1 is 1.39 bits per heavy atom. The molecule has 0 atom stereocenters. The van der Waals surface area contributed by atoms with Gasteiger partial charge in [0.05, 0.1) is 12.4 Å². The van der Waals surface area contributed by atoms with E-state index in [0.29, 0.717) is 10.9 Å². The van der Waals surface area contributed by atoms with E-state index in [-0.39, 0.29) is 0 Å². The third kappa shape index (κ3) is 3.51.